The predicted molar refractivity (Wildman–Crippen MR) is 79.1 cm³/mol. The van der Waals surface area contributed by atoms with Crippen LogP contribution in [0.5, 0.6) is 0 Å². The van der Waals surface area contributed by atoms with Crippen molar-refractivity contribution in [2.24, 2.45) is 0 Å². The number of hydrogen-bond donors (Lipinski definition) is 0. The Morgan fingerprint density at radius 2 is 1.71 bits per heavy atom. The van der Waals surface area contributed by atoms with Crippen LogP contribution in [0.1, 0.15) is 23.1 Å². The van der Waals surface area contributed by atoms with Crippen molar-refractivity contribution in [3.8, 4) is 0 Å². The summed E-state index contributed by atoms with van der Waals surface area (Å²) in [5.41, 5.74) is 0.889. The van der Waals surface area contributed by atoms with E-state index in [-0.39, 0.29) is 3.67 Å². The van der Waals surface area contributed by atoms with E-state index in [9.17, 15) is 4.57 Å². The van der Waals surface area contributed by atoms with Crippen molar-refractivity contribution in [3.63, 3.8) is 0 Å². The lowest BCUT2D eigenvalue weighted by Gasteiger charge is -2.22. The zero-order valence-electron chi connectivity index (χ0n) is 9.73. The molecule has 0 heterocycles. The summed E-state index contributed by atoms with van der Waals surface area (Å²) < 4.78 is 22.8. The SMILES string of the molecule is CCOP(=O)(OCC)C(I)c1ccc(Cl)cc1. The third-order valence-electron chi connectivity index (χ3n) is 2.04. The molecule has 0 aromatic heterocycles. The number of halogens is 2. The van der Waals surface area contributed by atoms with E-state index in [0.29, 0.717) is 18.2 Å². The molecule has 96 valence electrons. The van der Waals surface area contributed by atoms with Gasteiger partial charge in [0.25, 0.3) is 0 Å². The quantitative estimate of drug-likeness (QED) is 0.389. The Labute approximate surface area is 121 Å². The molecule has 0 aliphatic heterocycles. The summed E-state index contributed by atoms with van der Waals surface area (Å²) in [6.07, 6.45) is 0. The Kier molecular flexibility index (Phi) is 6.45. The molecule has 1 unspecified atom stereocenters. The molecular formula is C11H15ClIO3P. The first-order chi connectivity index (χ1) is 8.03. The van der Waals surface area contributed by atoms with Gasteiger partial charge < -0.3 is 9.05 Å². The Morgan fingerprint density at radius 3 is 2.12 bits per heavy atom. The largest absolute Gasteiger partial charge is 0.347 e. The molecular weight excluding hydrogens is 373 g/mol. The number of hydrogen-bond acceptors (Lipinski definition) is 3. The van der Waals surface area contributed by atoms with Gasteiger partial charge in [0.15, 0.2) is 0 Å². The van der Waals surface area contributed by atoms with Gasteiger partial charge >= 0.3 is 7.60 Å². The van der Waals surface area contributed by atoms with E-state index in [1.165, 1.54) is 0 Å². The summed E-state index contributed by atoms with van der Waals surface area (Å²) >= 11 is 7.91. The fourth-order valence-electron chi connectivity index (χ4n) is 1.33. The normalized spacial score (nSPS) is 13.6. The predicted octanol–water partition coefficient (Wildman–Crippen LogP) is 5.04. The lowest BCUT2D eigenvalue weighted by Crippen LogP contribution is -2.01. The average Bonchev–Trinajstić information content (AvgIpc) is 2.30. The summed E-state index contributed by atoms with van der Waals surface area (Å²) in [6, 6.07) is 7.21. The van der Waals surface area contributed by atoms with Crippen LogP contribution in [-0.2, 0) is 13.6 Å². The molecule has 1 aromatic rings. The van der Waals surface area contributed by atoms with Crippen molar-refractivity contribution in [2.75, 3.05) is 13.2 Å². The van der Waals surface area contributed by atoms with E-state index >= 15 is 0 Å². The highest BCUT2D eigenvalue weighted by molar-refractivity contribution is 14.1. The number of benzene rings is 1. The molecule has 0 fully saturated rings. The monoisotopic (exact) mass is 388 g/mol. The maximum Gasteiger partial charge on any atom is 0.347 e. The number of rotatable bonds is 6. The van der Waals surface area contributed by atoms with Crippen molar-refractivity contribution >= 4 is 41.8 Å². The van der Waals surface area contributed by atoms with Crippen molar-refractivity contribution in [3.05, 3.63) is 34.9 Å². The van der Waals surface area contributed by atoms with Gasteiger partial charge in [-0.05, 0) is 31.5 Å². The first kappa shape index (κ1) is 15.4. The van der Waals surface area contributed by atoms with E-state index in [4.69, 9.17) is 20.6 Å². The van der Waals surface area contributed by atoms with Crippen molar-refractivity contribution in [2.45, 2.75) is 17.5 Å². The molecule has 17 heavy (non-hydrogen) atoms. The van der Waals surface area contributed by atoms with Crippen LogP contribution in [0.25, 0.3) is 0 Å². The molecule has 0 radical (unpaired) electrons. The molecule has 1 atom stereocenters. The zero-order valence-corrected chi connectivity index (χ0v) is 13.5. The van der Waals surface area contributed by atoms with Crippen LogP contribution < -0.4 is 0 Å². The molecule has 3 nitrogen and oxygen atoms in total. The van der Waals surface area contributed by atoms with Gasteiger partial charge in [-0.15, -0.1) is 0 Å². The molecule has 0 saturated heterocycles. The lowest BCUT2D eigenvalue weighted by atomic mass is 10.2. The zero-order chi connectivity index (χ0) is 12.9. The van der Waals surface area contributed by atoms with Crippen LogP contribution in [0.2, 0.25) is 5.02 Å². The Morgan fingerprint density at radius 1 is 1.24 bits per heavy atom. The molecule has 0 amide bonds. The fraction of sp³-hybridized carbons (Fsp3) is 0.455. The third kappa shape index (κ3) is 4.21. The van der Waals surface area contributed by atoms with E-state index in [1.54, 1.807) is 26.0 Å². The van der Waals surface area contributed by atoms with E-state index in [2.05, 4.69) is 22.6 Å². The Bertz CT molecular complexity index is 386. The van der Waals surface area contributed by atoms with Crippen LogP contribution >= 0.6 is 41.8 Å². The van der Waals surface area contributed by atoms with Gasteiger partial charge in [0.2, 0.25) is 0 Å². The second-order valence-corrected chi connectivity index (χ2v) is 8.04. The lowest BCUT2D eigenvalue weighted by molar-refractivity contribution is 0.219. The van der Waals surface area contributed by atoms with Crippen molar-refractivity contribution in [1.29, 1.82) is 0 Å². The summed E-state index contributed by atoms with van der Waals surface area (Å²) in [5.74, 6) is 0. The summed E-state index contributed by atoms with van der Waals surface area (Å²) in [4.78, 5) is 0. The highest BCUT2D eigenvalue weighted by Crippen LogP contribution is 2.64. The second kappa shape index (κ2) is 7.10. The summed E-state index contributed by atoms with van der Waals surface area (Å²) in [6.45, 7) is 4.34. The van der Waals surface area contributed by atoms with Gasteiger partial charge in [0.1, 0.15) is 3.67 Å². The van der Waals surface area contributed by atoms with Crippen molar-refractivity contribution < 1.29 is 13.6 Å². The molecule has 0 saturated carbocycles. The fourth-order valence-corrected chi connectivity index (χ4v) is 4.43. The summed E-state index contributed by atoms with van der Waals surface area (Å²) in [7, 11) is -3.10. The third-order valence-corrected chi connectivity index (χ3v) is 7.15. The molecule has 0 aliphatic rings. The van der Waals surface area contributed by atoms with Crippen molar-refractivity contribution in [1.82, 2.24) is 0 Å². The van der Waals surface area contributed by atoms with Crippen LogP contribution in [0, 0.1) is 0 Å². The van der Waals surface area contributed by atoms with E-state index in [0.717, 1.165) is 5.56 Å². The summed E-state index contributed by atoms with van der Waals surface area (Å²) in [5, 5.41) is 0.653. The molecule has 1 aromatic carbocycles. The van der Waals surface area contributed by atoms with Crippen LogP contribution in [-0.4, -0.2) is 13.2 Å². The Balaban J connectivity index is 2.95. The smallest absolute Gasteiger partial charge is 0.308 e. The van der Waals surface area contributed by atoms with Gasteiger partial charge in [-0.1, -0.05) is 46.3 Å². The van der Waals surface area contributed by atoms with Crippen LogP contribution in [0.15, 0.2) is 24.3 Å². The van der Waals surface area contributed by atoms with E-state index in [1.807, 2.05) is 12.1 Å². The topological polar surface area (TPSA) is 35.5 Å². The highest BCUT2D eigenvalue weighted by Gasteiger charge is 2.34. The standard InChI is InChI=1S/C11H15ClIO3P/c1-3-15-17(14,16-4-2)11(13)9-5-7-10(12)8-6-9/h5-8,11H,3-4H2,1-2H3. The van der Waals surface area contributed by atoms with Crippen LogP contribution in [0.3, 0.4) is 0 Å². The van der Waals surface area contributed by atoms with Crippen LogP contribution in [0.4, 0.5) is 0 Å². The maximum absolute atomic E-state index is 12.5. The minimum Gasteiger partial charge on any atom is -0.308 e. The minimum atomic E-state index is -3.10. The minimum absolute atomic E-state index is 0.322. The molecule has 0 spiro atoms. The highest BCUT2D eigenvalue weighted by atomic mass is 127. The first-order valence-electron chi connectivity index (χ1n) is 5.31. The Hall–Kier alpha value is 0.390. The average molecular weight is 389 g/mol. The molecule has 0 bridgehead atoms. The molecule has 0 N–H and O–H groups in total. The molecule has 1 rings (SSSR count). The maximum atomic E-state index is 12.5. The molecule has 6 heteroatoms. The van der Waals surface area contributed by atoms with Gasteiger partial charge in [-0.25, -0.2) is 0 Å². The first-order valence-corrected chi connectivity index (χ1v) is 8.55. The second-order valence-electron chi connectivity index (χ2n) is 3.26. The van der Waals surface area contributed by atoms with Gasteiger partial charge in [-0.3, -0.25) is 4.57 Å². The molecule has 0 aliphatic carbocycles. The van der Waals surface area contributed by atoms with Gasteiger partial charge in [0.05, 0.1) is 13.2 Å². The van der Waals surface area contributed by atoms with Gasteiger partial charge in [0, 0.05) is 5.02 Å². The number of alkyl halides is 1. The van der Waals surface area contributed by atoms with E-state index < -0.39 is 7.60 Å². The van der Waals surface area contributed by atoms with Gasteiger partial charge in [-0.2, -0.15) is 0 Å².